The summed E-state index contributed by atoms with van der Waals surface area (Å²) in [4.78, 5) is 4.90. The fourth-order valence-corrected chi connectivity index (χ4v) is 8.95. The zero-order valence-corrected chi connectivity index (χ0v) is 30.0. The van der Waals surface area contributed by atoms with E-state index < -0.39 is 0 Å². The van der Waals surface area contributed by atoms with Gasteiger partial charge >= 0.3 is 0 Å². The lowest BCUT2D eigenvalue weighted by atomic mass is 9.82. The Morgan fingerprint density at radius 1 is 0.509 bits per heavy atom. The van der Waals surface area contributed by atoms with Gasteiger partial charge in [-0.1, -0.05) is 153 Å². The highest BCUT2D eigenvalue weighted by Gasteiger charge is 2.38. The minimum Gasteiger partial charge on any atom is -0.333 e. The Kier molecular flexibility index (Phi) is 7.33. The molecule has 10 rings (SSSR count). The van der Waals surface area contributed by atoms with Crippen molar-refractivity contribution in [2.24, 2.45) is 0 Å². The molecule has 254 valence electrons. The molecule has 1 heterocycles. The molecule has 2 aliphatic carbocycles. The molecule has 2 heteroatoms. The van der Waals surface area contributed by atoms with Crippen molar-refractivity contribution in [3.8, 4) is 22.3 Å². The van der Waals surface area contributed by atoms with E-state index in [1.807, 2.05) is 0 Å². The summed E-state index contributed by atoms with van der Waals surface area (Å²) in [5.74, 6) is 0.263. The smallest absolute Gasteiger partial charge is 0.0630 e. The summed E-state index contributed by atoms with van der Waals surface area (Å²) in [6.45, 7) is 4.70. The number of anilines is 5. The summed E-state index contributed by atoms with van der Waals surface area (Å²) < 4.78 is 0. The van der Waals surface area contributed by atoms with Crippen molar-refractivity contribution in [3.05, 3.63) is 216 Å². The molecule has 0 saturated heterocycles. The molecule has 2 unspecified atom stereocenters. The summed E-state index contributed by atoms with van der Waals surface area (Å²) in [6, 6.07) is 64.5. The van der Waals surface area contributed by atoms with Crippen LogP contribution in [0.2, 0.25) is 0 Å². The minimum atomic E-state index is -0.0636. The zero-order valence-electron chi connectivity index (χ0n) is 30.0. The average molecular weight is 681 g/mol. The third-order valence-electron chi connectivity index (χ3n) is 11.6. The van der Waals surface area contributed by atoms with Crippen molar-refractivity contribution in [1.82, 2.24) is 0 Å². The maximum Gasteiger partial charge on any atom is 0.0630 e. The maximum atomic E-state index is 2.51. The van der Waals surface area contributed by atoms with Gasteiger partial charge in [0, 0.05) is 39.8 Å². The first-order valence-electron chi connectivity index (χ1n) is 18.7. The van der Waals surface area contributed by atoms with E-state index in [0.29, 0.717) is 0 Å². The fourth-order valence-electron chi connectivity index (χ4n) is 8.95. The molecule has 7 aromatic carbocycles. The molecule has 0 radical (unpaired) electrons. The lowest BCUT2D eigenvalue weighted by Gasteiger charge is -2.30. The Hall–Kier alpha value is -6.38. The van der Waals surface area contributed by atoms with Crippen molar-refractivity contribution < 1.29 is 0 Å². The van der Waals surface area contributed by atoms with Gasteiger partial charge in [-0.25, -0.2) is 0 Å². The van der Waals surface area contributed by atoms with Crippen LogP contribution in [0.15, 0.2) is 194 Å². The highest BCUT2D eigenvalue weighted by atomic mass is 15.2. The molecule has 3 aliphatic rings. The molecule has 0 N–H and O–H groups in total. The van der Waals surface area contributed by atoms with Crippen LogP contribution >= 0.6 is 0 Å². The normalized spacial score (nSPS) is 17.4. The molecule has 0 amide bonds. The molecule has 2 nitrogen and oxygen atoms in total. The van der Waals surface area contributed by atoms with Gasteiger partial charge in [-0.3, -0.25) is 0 Å². The first-order valence-corrected chi connectivity index (χ1v) is 18.7. The standard InChI is InChI=1S/C51H40N2/c1-51(2)47-19-11-9-17-43(47)44-31-30-42(34-48(44)51)52(39-15-7-4-8-16-39)40-26-23-37(24-27-40)38-25-32-50-46(33-38)45-18-10-12-20-49(45)53(50)41-28-21-36(22-29-41)35-13-5-3-6-14-35/h3-34,46,50H,1-2H3. The highest BCUT2D eigenvalue weighted by molar-refractivity contribution is 5.87. The van der Waals surface area contributed by atoms with Crippen LogP contribution in [0.5, 0.6) is 0 Å². The highest BCUT2D eigenvalue weighted by Crippen LogP contribution is 2.52. The first-order chi connectivity index (χ1) is 26.0. The van der Waals surface area contributed by atoms with E-state index in [-0.39, 0.29) is 17.4 Å². The summed E-state index contributed by atoms with van der Waals surface area (Å²) in [7, 11) is 0. The van der Waals surface area contributed by atoms with Gasteiger partial charge in [0.15, 0.2) is 0 Å². The lowest BCUT2D eigenvalue weighted by molar-refractivity contribution is 0.660. The van der Waals surface area contributed by atoms with E-state index in [9.17, 15) is 0 Å². The number of para-hydroxylation sites is 2. The Bertz CT molecular complexity index is 2530. The predicted octanol–water partition coefficient (Wildman–Crippen LogP) is 13.4. The number of rotatable bonds is 6. The third kappa shape index (κ3) is 5.17. The van der Waals surface area contributed by atoms with Crippen LogP contribution < -0.4 is 9.80 Å². The molecule has 0 aromatic heterocycles. The topological polar surface area (TPSA) is 6.48 Å². The van der Waals surface area contributed by atoms with E-state index in [2.05, 4.69) is 218 Å². The van der Waals surface area contributed by atoms with Gasteiger partial charge < -0.3 is 9.80 Å². The van der Waals surface area contributed by atoms with Crippen LogP contribution in [0.1, 0.15) is 42.0 Å². The monoisotopic (exact) mass is 680 g/mol. The van der Waals surface area contributed by atoms with E-state index >= 15 is 0 Å². The van der Waals surface area contributed by atoms with Crippen molar-refractivity contribution in [3.63, 3.8) is 0 Å². The number of hydrogen-bond acceptors (Lipinski definition) is 2. The van der Waals surface area contributed by atoms with Gasteiger partial charge in [-0.2, -0.15) is 0 Å². The number of fused-ring (bicyclic) bond motifs is 6. The summed E-state index contributed by atoms with van der Waals surface area (Å²) >= 11 is 0. The van der Waals surface area contributed by atoms with Gasteiger partial charge in [-0.05, 0) is 105 Å². The average Bonchev–Trinajstić information content (AvgIpc) is 3.67. The molecular formula is C51H40N2. The molecular weight excluding hydrogens is 641 g/mol. The molecule has 1 aliphatic heterocycles. The molecule has 0 spiro atoms. The fraction of sp³-hybridized carbons (Fsp3) is 0.0980. The number of hydrogen-bond donors (Lipinski definition) is 0. The van der Waals surface area contributed by atoms with Crippen molar-refractivity contribution >= 4 is 34.0 Å². The Labute approximate surface area is 312 Å². The molecule has 0 saturated carbocycles. The molecule has 2 atom stereocenters. The van der Waals surface area contributed by atoms with Gasteiger partial charge in [0.25, 0.3) is 0 Å². The van der Waals surface area contributed by atoms with Gasteiger partial charge in [0.1, 0.15) is 0 Å². The number of allylic oxidation sites excluding steroid dienone is 2. The Balaban J connectivity index is 0.972. The van der Waals surface area contributed by atoms with Crippen LogP contribution in [0.25, 0.3) is 27.8 Å². The SMILES string of the molecule is CC1(C)c2ccccc2-c2ccc(N(c3ccccc3)c3ccc(C4=CC5c6ccccc6N(c6ccc(-c7ccccc7)cc6)C5C=C4)cc3)cc21. The zero-order chi connectivity index (χ0) is 35.5. The molecule has 0 bridgehead atoms. The Morgan fingerprint density at radius 3 is 1.91 bits per heavy atom. The lowest BCUT2D eigenvalue weighted by Crippen LogP contribution is -2.28. The van der Waals surface area contributed by atoms with Gasteiger partial charge in [-0.15, -0.1) is 0 Å². The summed E-state index contributed by atoms with van der Waals surface area (Å²) in [6.07, 6.45) is 7.20. The predicted molar refractivity (Wildman–Crippen MR) is 223 cm³/mol. The van der Waals surface area contributed by atoms with E-state index in [1.54, 1.807) is 0 Å². The minimum absolute atomic E-state index is 0.0636. The molecule has 0 fully saturated rings. The summed E-state index contributed by atoms with van der Waals surface area (Å²) in [5, 5.41) is 0. The van der Waals surface area contributed by atoms with Crippen LogP contribution in [0.3, 0.4) is 0 Å². The van der Waals surface area contributed by atoms with Crippen molar-refractivity contribution in [2.45, 2.75) is 31.2 Å². The second-order valence-corrected chi connectivity index (χ2v) is 15.0. The Morgan fingerprint density at radius 2 is 1.11 bits per heavy atom. The van der Waals surface area contributed by atoms with Crippen molar-refractivity contribution in [1.29, 1.82) is 0 Å². The van der Waals surface area contributed by atoms with E-state index in [0.717, 1.165) is 11.4 Å². The number of nitrogens with zero attached hydrogens (tertiary/aromatic N) is 2. The quantitative estimate of drug-likeness (QED) is 0.172. The van der Waals surface area contributed by atoms with Crippen LogP contribution in [0.4, 0.5) is 28.4 Å². The first kappa shape index (κ1) is 31.4. The van der Waals surface area contributed by atoms with E-state index in [4.69, 9.17) is 0 Å². The van der Waals surface area contributed by atoms with Crippen molar-refractivity contribution in [2.75, 3.05) is 9.80 Å². The van der Waals surface area contributed by atoms with Gasteiger partial charge in [0.05, 0.1) is 6.04 Å². The molecule has 53 heavy (non-hydrogen) atoms. The van der Waals surface area contributed by atoms with Crippen LogP contribution in [0, 0.1) is 0 Å². The van der Waals surface area contributed by atoms with Gasteiger partial charge in [0.2, 0.25) is 0 Å². The third-order valence-corrected chi connectivity index (χ3v) is 11.6. The second-order valence-electron chi connectivity index (χ2n) is 15.0. The largest absolute Gasteiger partial charge is 0.333 e. The van der Waals surface area contributed by atoms with Crippen LogP contribution in [-0.4, -0.2) is 6.04 Å². The molecule has 7 aromatic rings. The number of benzene rings is 7. The second kappa shape index (κ2) is 12.4. The summed E-state index contributed by atoms with van der Waals surface area (Å²) in [5.41, 5.74) is 17.7. The van der Waals surface area contributed by atoms with Crippen LogP contribution in [-0.2, 0) is 5.41 Å². The maximum absolute atomic E-state index is 2.51. The van der Waals surface area contributed by atoms with E-state index in [1.165, 1.54) is 67.1 Å².